The summed E-state index contributed by atoms with van der Waals surface area (Å²) < 4.78 is 9.74. The number of aryl methyl sites for hydroxylation is 1. The standard InChI is InChI=1S/C16H22N6O6/c1-5-27-15(23)10(16(24)28-6-2)7-17-13-11(18-8(3)20-13)12-14(22(25)26)21-9(4)19-12/h7,12,17,25-26H,5-6H2,1-4H3,(H,18,20). The van der Waals surface area contributed by atoms with Gasteiger partial charge < -0.3 is 19.8 Å². The largest absolute Gasteiger partial charge is 0.462 e. The van der Waals surface area contributed by atoms with Gasteiger partial charge in [-0.25, -0.2) is 19.6 Å². The number of rotatable bonds is 7. The zero-order valence-corrected chi connectivity index (χ0v) is 15.9. The van der Waals surface area contributed by atoms with Gasteiger partial charge in [0.2, 0.25) is 0 Å². The second-order valence-corrected chi connectivity index (χ2v) is 5.57. The van der Waals surface area contributed by atoms with Crippen molar-refractivity contribution in [3.05, 3.63) is 23.3 Å². The topological polar surface area (TPSA) is 162 Å². The molecule has 0 radical (unpaired) electrons. The molecule has 12 heteroatoms. The summed E-state index contributed by atoms with van der Waals surface area (Å²) in [4.78, 5) is 39.4. The molecule has 0 aromatic carbocycles. The second kappa shape index (κ2) is 9.10. The molecule has 1 atom stereocenters. The van der Waals surface area contributed by atoms with Crippen LogP contribution in [0.4, 0.5) is 5.82 Å². The van der Waals surface area contributed by atoms with Gasteiger partial charge >= 0.3 is 11.9 Å². The van der Waals surface area contributed by atoms with Crippen molar-refractivity contribution in [1.29, 1.82) is 0 Å². The highest BCUT2D eigenvalue weighted by Crippen LogP contribution is 2.29. The first-order valence-electron chi connectivity index (χ1n) is 8.46. The van der Waals surface area contributed by atoms with E-state index in [0.29, 0.717) is 17.4 Å². The number of carbonyl (C=O) groups excluding carboxylic acids is 2. The van der Waals surface area contributed by atoms with Crippen molar-refractivity contribution in [3.8, 4) is 0 Å². The molecule has 1 aliphatic rings. The molecule has 152 valence electrons. The smallest absolute Gasteiger partial charge is 0.347 e. The van der Waals surface area contributed by atoms with Crippen LogP contribution >= 0.6 is 0 Å². The molecule has 0 amide bonds. The molecular formula is C16H22N6O6. The maximum absolute atomic E-state index is 12.0. The van der Waals surface area contributed by atoms with Crippen LogP contribution in [0.25, 0.3) is 0 Å². The Bertz CT molecular complexity index is 821. The summed E-state index contributed by atoms with van der Waals surface area (Å²) in [5.41, 5.74) is 0.00533. The number of hydroxylamine groups is 2. The Balaban J connectivity index is 2.36. The normalized spacial score (nSPS) is 15.4. The van der Waals surface area contributed by atoms with Gasteiger partial charge in [0.15, 0.2) is 23.3 Å². The van der Waals surface area contributed by atoms with Crippen LogP contribution in [0.1, 0.15) is 38.3 Å². The van der Waals surface area contributed by atoms with Crippen LogP contribution in [0.15, 0.2) is 21.8 Å². The number of carbonyl (C=O) groups is 2. The van der Waals surface area contributed by atoms with Gasteiger partial charge in [0, 0.05) is 6.20 Å². The Labute approximate surface area is 160 Å². The van der Waals surface area contributed by atoms with Crippen molar-refractivity contribution in [2.75, 3.05) is 18.5 Å². The number of aromatic nitrogens is 2. The molecule has 2 rings (SSSR count). The maximum atomic E-state index is 12.0. The van der Waals surface area contributed by atoms with E-state index in [1.807, 2.05) is 0 Å². The zero-order valence-electron chi connectivity index (χ0n) is 15.9. The highest BCUT2D eigenvalue weighted by Gasteiger charge is 2.31. The quantitative estimate of drug-likeness (QED) is 0.174. The van der Waals surface area contributed by atoms with Crippen LogP contribution < -0.4 is 5.32 Å². The summed E-state index contributed by atoms with van der Waals surface area (Å²) in [6.07, 6.45) is 1.12. The molecule has 0 saturated heterocycles. The van der Waals surface area contributed by atoms with Gasteiger partial charge in [0.25, 0.3) is 0 Å². The number of esters is 2. The minimum Gasteiger partial charge on any atom is -0.462 e. The van der Waals surface area contributed by atoms with Gasteiger partial charge in [-0.2, -0.15) is 0 Å². The van der Waals surface area contributed by atoms with Gasteiger partial charge in [-0.3, -0.25) is 15.4 Å². The van der Waals surface area contributed by atoms with Crippen molar-refractivity contribution in [3.63, 3.8) is 0 Å². The summed E-state index contributed by atoms with van der Waals surface area (Å²) in [5, 5.41) is 21.4. The molecule has 0 aliphatic carbocycles. The first-order chi connectivity index (χ1) is 13.3. The molecule has 1 aromatic rings. The van der Waals surface area contributed by atoms with E-state index < -0.39 is 18.0 Å². The van der Waals surface area contributed by atoms with Crippen molar-refractivity contribution < 1.29 is 29.5 Å². The Morgan fingerprint density at radius 1 is 1.21 bits per heavy atom. The third-order valence-corrected chi connectivity index (χ3v) is 3.51. The lowest BCUT2D eigenvalue weighted by molar-refractivity contribution is -0.246. The molecule has 1 aliphatic heterocycles. The van der Waals surface area contributed by atoms with E-state index in [2.05, 4.69) is 25.3 Å². The van der Waals surface area contributed by atoms with Crippen LogP contribution in [0.2, 0.25) is 0 Å². The Morgan fingerprint density at radius 2 is 1.82 bits per heavy atom. The molecule has 1 unspecified atom stereocenters. The summed E-state index contributed by atoms with van der Waals surface area (Å²) in [7, 11) is 0. The predicted octanol–water partition coefficient (Wildman–Crippen LogP) is 1.09. The number of hydrogen-bond acceptors (Lipinski definition) is 11. The number of nitrogens with zero attached hydrogens (tertiary/aromatic N) is 4. The first-order valence-corrected chi connectivity index (χ1v) is 8.46. The van der Waals surface area contributed by atoms with Crippen molar-refractivity contribution >= 4 is 29.4 Å². The molecule has 4 N–H and O–H groups in total. The number of imidazole rings is 1. The van der Waals surface area contributed by atoms with Crippen molar-refractivity contribution in [1.82, 2.24) is 15.2 Å². The van der Waals surface area contributed by atoms with E-state index in [1.165, 1.54) is 0 Å². The van der Waals surface area contributed by atoms with E-state index in [0.717, 1.165) is 6.20 Å². The van der Waals surface area contributed by atoms with Gasteiger partial charge in [-0.15, -0.1) is 5.23 Å². The molecule has 0 saturated carbocycles. The van der Waals surface area contributed by atoms with Crippen LogP contribution in [0.5, 0.6) is 0 Å². The van der Waals surface area contributed by atoms with Crippen LogP contribution in [-0.2, 0) is 19.1 Å². The molecule has 1 aromatic heterocycles. The minimum absolute atomic E-state index is 0.0844. The number of nitrogens with one attached hydrogen (secondary N) is 2. The Morgan fingerprint density at radius 3 is 2.36 bits per heavy atom. The highest BCUT2D eigenvalue weighted by molar-refractivity contribution is 6.14. The maximum Gasteiger partial charge on any atom is 0.347 e. The fourth-order valence-corrected chi connectivity index (χ4v) is 2.43. The number of aromatic amines is 1. The third kappa shape index (κ3) is 4.72. The monoisotopic (exact) mass is 394 g/mol. The van der Waals surface area contributed by atoms with Crippen molar-refractivity contribution in [2.45, 2.75) is 33.7 Å². The van der Waals surface area contributed by atoms with E-state index in [-0.39, 0.29) is 35.7 Å². The minimum atomic E-state index is -0.874. The van der Waals surface area contributed by atoms with E-state index in [1.54, 1.807) is 27.7 Å². The Kier molecular flexibility index (Phi) is 6.84. The highest BCUT2D eigenvalue weighted by atomic mass is 16.8. The van der Waals surface area contributed by atoms with Gasteiger partial charge in [-0.1, -0.05) is 0 Å². The molecule has 0 bridgehead atoms. The number of anilines is 1. The van der Waals surface area contributed by atoms with Crippen LogP contribution in [0, 0.1) is 6.92 Å². The Hall–Kier alpha value is -3.25. The molecule has 28 heavy (non-hydrogen) atoms. The number of hydrogen-bond donors (Lipinski definition) is 4. The summed E-state index contributed by atoms with van der Waals surface area (Å²) in [6, 6.07) is -0.874. The molecule has 2 heterocycles. The van der Waals surface area contributed by atoms with Gasteiger partial charge in [-0.05, 0) is 27.7 Å². The van der Waals surface area contributed by atoms with Crippen molar-refractivity contribution in [2.24, 2.45) is 9.98 Å². The predicted molar refractivity (Wildman–Crippen MR) is 97.0 cm³/mol. The van der Waals surface area contributed by atoms with Crippen LogP contribution in [-0.4, -0.2) is 62.4 Å². The summed E-state index contributed by atoms with van der Waals surface area (Å²) in [5.74, 6) is -0.806. The number of ether oxygens (including phenoxy) is 2. The fourth-order valence-electron chi connectivity index (χ4n) is 2.43. The molecule has 12 nitrogen and oxygen atoms in total. The third-order valence-electron chi connectivity index (χ3n) is 3.51. The number of H-pyrrole nitrogens is 1. The summed E-state index contributed by atoms with van der Waals surface area (Å²) in [6.45, 7) is 6.66. The number of aliphatic imine (C=N–C) groups is 2. The van der Waals surface area contributed by atoms with Crippen LogP contribution in [0.3, 0.4) is 0 Å². The average molecular weight is 394 g/mol. The molecular weight excluding hydrogens is 372 g/mol. The molecule has 0 fully saturated rings. The zero-order chi connectivity index (χ0) is 20.8. The van der Waals surface area contributed by atoms with Gasteiger partial charge in [0.05, 0.1) is 18.9 Å². The summed E-state index contributed by atoms with van der Waals surface area (Å²) >= 11 is 0. The number of amidine groups is 2. The van der Waals surface area contributed by atoms with E-state index >= 15 is 0 Å². The van der Waals surface area contributed by atoms with E-state index in [9.17, 15) is 20.0 Å². The lowest BCUT2D eigenvalue weighted by Gasteiger charge is -2.14. The van der Waals surface area contributed by atoms with Gasteiger partial charge in [0.1, 0.15) is 11.7 Å². The average Bonchev–Trinajstić information content (AvgIpc) is 3.18. The second-order valence-electron chi connectivity index (χ2n) is 5.57. The lowest BCUT2D eigenvalue weighted by atomic mass is 10.2. The van der Waals surface area contributed by atoms with E-state index in [4.69, 9.17) is 9.47 Å². The first kappa shape index (κ1) is 21.1. The lowest BCUT2D eigenvalue weighted by Crippen LogP contribution is -2.27. The molecule has 0 spiro atoms. The SMILES string of the molecule is CCOC(=O)C(=CNc1nc(C)[nH]c1C1N=C(C)N=C1N(O)O)C(=O)OCC. The fraction of sp³-hybridized carbons (Fsp3) is 0.438.